The van der Waals surface area contributed by atoms with Crippen molar-refractivity contribution in [2.24, 2.45) is 5.92 Å². The van der Waals surface area contributed by atoms with Crippen LogP contribution < -0.4 is 10.2 Å². The fourth-order valence-electron chi connectivity index (χ4n) is 3.68. The molecule has 0 aromatic heterocycles. The van der Waals surface area contributed by atoms with Crippen molar-refractivity contribution < 1.29 is 9.59 Å². The third kappa shape index (κ3) is 4.83. The van der Waals surface area contributed by atoms with Crippen LogP contribution in [0, 0.1) is 12.8 Å². The second-order valence-electron chi connectivity index (χ2n) is 7.91. The van der Waals surface area contributed by atoms with Gasteiger partial charge < -0.3 is 10.2 Å². The molecule has 158 valence electrons. The van der Waals surface area contributed by atoms with Gasteiger partial charge in [-0.05, 0) is 30.2 Å². The highest BCUT2D eigenvalue weighted by Crippen LogP contribution is 2.42. The number of carbonyl (C=O) groups excluding carboxylic acids is 2. The fourth-order valence-corrected chi connectivity index (χ4v) is 4.96. The summed E-state index contributed by atoms with van der Waals surface area (Å²) in [4.78, 5) is 29.2. The summed E-state index contributed by atoms with van der Waals surface area (Å²) < 4.78 is 0. The maximum Gasteiger partial charge on any atom is 0.241 e. The first-order chi connectivity index (χ1) is 15.0. The first kappa shape index (κ1) is 21.2. The Bertz CT molecular complexity index is 1070. The van der Waals surface area contributed by atoms with Crippen LogP contribution in [0.15, 0.2) is 83.8 Å². The average Bonchev–Trinajstić information content (AvgIpc) is 2.80. The van der Waals surface area contributed by atoms with Crippen molar-refractivity contribution in [3.8, 4) is 0 Å². The minimum Gasteiger partial charge on any atom is -0.352 e. The number of amides is 2. The second kappa shape index (κ2) is 9.40. The number of nitrogens with zero attached hydrogens (tertiary/aromatic N) is 1. The molecule has 0 radical (unpaired) electrons. The van der Waals surface area contributed by atoms with Gasteiger partial charge in [-0.1, -0.05) is 79.2 Å². The Labute approximate surface area is 187 Å². The molecule has 0 spiro atoms. The summed E-state index contributed by atoms with van der Waals surface area (Å²) in [6.45, 7) is 4.84. The summed E-state index contributed by atoms with van der Waals surface area (Å²) in [7, 11) is 0. The number of carbonyl (C=O) groups is 2. The van der Waals surface area contributed by atoms with Crippen LogP contribution >= 0.6 is 11.8 Å². The Morgan fingerprint density at radius 2 is 1.65 bits per heavy atom. The first-order valence-electron chi connectivity index (χ1n) is 10.5. The average molecular weight is 431 g/mol. The topological polar surface area (TPSA) is 49.4 Å². The van der Waals surface area contributed by atoms with E-state index in [2.05, 4.69) is 29.6 Å². The third-order valence-corrected chi connectivity index (χ3v) is 7.02. The maximum atomic E-state index is 13.5. The number of rotatable bonds is 6. The van der Waals surface area contributed by atoms with Crippen molar-refractivity contribution in [3.05, 3.63) is 95.6 Å². The number of hydrogen-bond acceptors (Lipinski definition) is 3. The van der Waals surface area contributed by atoms with Crippen LogP contribution in [-0.2, 0) is 22.7 Å². The molecule has 0 saturated heterocycles. The van der Waals surface area contributed by atoms with Crippen LogP contribution in [0.1, 0.15) is 23.6 Å². The van der Waals surface area contributed by atoms with Crippen molar-refractivity contribution in [2.75, 3.05) is 4.90 Å². The minimum atomic E-state index is -0.462. The molecule has 2 atom stereocenters. The smallest absolute Gasteiger partial charge is 0.241 e. The molecule has 0 saturated carbocycles. The summed E-state index contributed by atoms with van der Waals surface area (Å²) in [5, 5.41) is 2.53. The molecule has 0 unspecified atom stereocenters. The first-order valence-corrected chi connectivity index (χ1v) is 11.3. The molecular formula is C26H26N2O2S. The van der Waals surface area contributed by atoms with Gasteiger partial charge in [0.2, 0.25) is 11.8 Å². The zero-order valence-electron chi connectivity index (χ0n) is 17.7. The Morgan fingerprint density at radius 1 is 0.968 bits per heavy atom. The Hall–Kier alpha value is -3.05. The maximum absolute atomic E-state index is 13.5. The molecule has 3 aromatic carbocycles. The molecule has 4 nitrogen and oxygen atoms in total. The molecule has 0 aliphatic carbocycles. The van der Waals surface area contributed by atoms with E-state index < -0.39 is 11.2 Å². The quantitative estimate of drug-likeness (QED) is 0.602. The minimum absolute atomic E-state index is 0.0216. The molecule has 1 heterocycles. The summed E-state index contributed by atoms with van der Waals surface area (Å²) in [5.74, 6) is -0.578. The Morgan fingerprint density at radius 3 is 2.39 bits per heavy atom. The van der Waals surface area contributed by atoms with Gasteiger partial charge in [-0.2, -0.15) is 0 Å². The van der Waals surface area contributed by atoms with E-state index in [0.717, 1.165) is 21.7 Å². The zero-order chi connectivity index (χ0) is 21.8. The lowest BCUT2D eigenvalue weighted by atomic mass is 10.0. The van der Waals surface area contributed by atoms with Gasteiger partial charge in [0.25, 0.3) is 0 Å². The molecule has 31 heavy (non-hydrogen) atoms. The lowest BCUT2D eigenvalue weighted by Gasteiger charge is -2.35. The largest absolute Gasteiger partial charge is 0.352 e. The molecule has 0 fully saturated rings. The molecule has 1 aliphatic heterocycles. The van der Waals surface area contributed by atoms with E-state index in [0.29, 0.717) is 13.1 Å². The van der Waals surface area contributed by atoms with Gasteiger partial charge in [0.05, 0.1) is 18.2 Å². The van der Waals surface area contributed by atoms with E-state index in [-0.39, 0.29) is 11.8 Å². The number of hydrogen-bond donors (Lipinski definition) is 1. The van der Waals surface area contributed by atoms with Gasteiger partial charge in [-0.25, -0.2) is 0 Å². The monoisotopic (exact) mass is 430 g/mol. The van der Waals surface area contributed by atoms with Crippen LogP contribution in [0.3, 0.4) is 0 Å². The van der Waals surface area contributed by atoms with Crippen molar-refractivity contribution >= 4 is 29.3 Å². The van der Waals surface area contributed by atoms with E-state index in [1.165, 1.54) is 17.3 Å². The number of aryl methyl sites for hydroxylation is 1. The van der Waals surface area contributed by atoms with E-state index in [1.54, 1.807) is 0 Å². The number of fused-ring (bicyclic) bond motifs is 1. The SMILES string of the molecule is Cc1ccc(CN2C(=O)[C@H]([C@H](C)C(=O)NCc3ccccc3)Sc3ccccc32)cc1. The van der Waals surface area contributed by atoms with E-state index in [9.17, 15) is 9.59 Å². The number of nitrogens with one attached hydrogen (secondary N) is 1. The van der Waals surface area contributed by atoms with Crippen molar-refractivity contribution in [1.29, 1.82) is 0 Å². The molecule has 1 aliphatic rings. The van der Waals surface area contributed by atoms with Crippen molar-refractivity contribution in [1.82, 2.24) is 5.32 Å². The number of para-hydroxylation sites is 1. The predicted molar refractivity (Wildman–Crippen MR) is 126 cm³/mol. The number of thioether (sulfide) groups is 1. The molecule has 1 N–H and O–H groups in total. The van der Waals surface area contributed by atoms with Crippen LogP contribution in [0.25, 0.3) is 0 Å². The fraction of sp³-hybridized carbons (Fsp3) is 0.231. The number of benzene rings is 3. The molecule has 3 aromatic rings. The Kier molecular flexibility index (Phi) is 6.42. The van der Waals surface area contributed by atoms with Crippen LogP contribution in [-0.4, -0.2) is 17.1 Å². The van der Waals surface area contributed by atoms with Gasteiger partial charge in [0.15, 0.2) is 0 Å². The molecule has 5 heteroatoms. The third-order valence-electron chi connectivity index (χ3n) is 5.56. The van der Waals surface area contributed by atoms with Crippen LogP contribution in [0.2, 0.25) is 0 Å². The predicted octanol–water partition coefficient (Wildman–Crippen LogP) is 4.96. The lowest BCUT2D eigenvalue weighted by Crippen LogP contribution is -2.47. The molecular weight excluding hydrogens is 404 g/mol. The summed E-state index contributed by atoms with van der Waals surface area (Å²) in [6, 6.07) is 26.0. The van der Waals surface area contributed by atoms with Gasteiger partial charge in [0, 0.05) is 11.4 Å². The van der Waals surface area contributed by atoms with Crippen molar-refractivity contribution in [3.63, 3.8) is 0 Å². The van der Waals surface area contributed by atoms with E-state index >= 15 is 0 Å². The van der Waals surface area contributed by atoms with Crippen LogP contribution in [0.4, 0.5) is 5.69 Å². The van der Waals surface area contributed by atoms with Gasteiger partial charge in [-0.3, -0.25) is 9.59 Å². The van der Waals surface area contributed by atoms with E-state index in [4.69, 9.17) is 0 Å². The lowest BCUT2D eigenvalue weighted by molar-refractivity contribution is -0.128. The van der Waals surface area contributed by atoms with E-state index in [1.807, 2.05) is 73.3 Å². The highest BCUT2D eigenvalue weighted by atomic mass is 32.2. The highest BCUT2D eigenvalue weighted by Gasteiger charge is 2.39. The Balaban J connectivity index is 1.53. The summed E-state index contributed by atoms with van der Waals surface area (Å²) in [6.07, 6.45) is 0. The van der Waals surface area contributed by atoms with Crippen molar-refractivity contribution in [2.45, 2.75) is 37.1 Å². The summed E-state index contributed by atoms with van der Waals surface area (Å²) in [5.41, 5.74) is 4.20. The zero-order valence-corrected chi connectivity index (χ0v) is 18.6. The molecule has 2 amide bonds. The van der Waals surface area contributed by atoms with Gasteiger partial charge >= 0.3 is 0 Å². The second-order valence-corrected chi connectivity index (χ2v) is 9.09. The van der Waals surface area contributed by atoms with Crippen LogP contribution in [0.5, 0.6) is 0 Å². The van der Waals surface area contributed by atoms with Gasteiger partial charge in [0.1, 0.15) is 5.25 Å². The normalized spacial score (nSPS) is 16.5. The highest BCUT2D eigenvalue weighted by molar-refractivity contribution is 8.01. The standard InChI is InChI=1S/C26H26N2O2S/c1-18-12-14-21(15-13-18)17-28-22-10-6-7-11-23(22)31-24(26(28)30)19(2)25(29)27-16-20-8-4-3-5-9-20/h3-15,19,24H,16-17H2,1-2H3,(H,27,29)/t19-,24-/m0/s1. The molecule has 0 bridgehead atoms. The van der Waals surface area contributed by atoms with Gasteiger partial charge in [-0.15, -0.1) is 11.8 Å². The number of anilines is 1. The summed E-state index contributed by atoms with van der Waals surface area (Å²) >= 11 is 1.49. The molecule has 4 rings (SSSR count).